The van der Waals surface area contributed by atoms with E-state index in [9.17, 15) is 9.90 Å². The average Bonchev–Trinajstić information content (AvgIpc) is 2.35. The first-order valence-corrected chi connectivity index (χ1v) is 6.73. The van der Waals surface area contributed by atoms with Gasteiger partial charge < -0.3 is 10.4 Å². The van der Waals surface area contributed by atoms with Crippen LogP contribution in [-0.4, -0.2) is 23.2 Å². The van der Waals surface area contributed by atoms with Crippen LogP contribution in [0, 0.1) is 0 Å². The highest BCUT2D eigenvalue weighted by Gasteiger charge is 2.20. The van der Waals surface area contributed by atoms with E-state index in [1.54, 1.807) is 12.1 Å². The van der Waals surface area contributed by atoms with Crippen LogP contribution in [0.2, 0.25) is 5.02 Å². The quantitative estimate of drug-likeness (QED) is 0.883. The lowest BCUT2D eigenvalue weighted by Crippen LogP contribution is -2.39. The first-order chi connectivity index (χ1) is 8.63. The number of aliphatic hydroxyl groups excluding tert-OH is 1. The summed E-state index contributed by atoms with van der Waals surface area (Å²) < 4.78 is 0. The number of benzene rings is 1. The molecule has 0 saturated heterocycles. The molecule has 0 spiro atoms. The van der Waals surface area contributed by atoms with Gasteiger partial charge in [-0.1, -0.05) is 23.7 Å². The fraction of sp³-hybridized carbons (Fsp3) is 0.500. The van der Waals surface area contributed by atoms with Gasteiger partial charge in [0.05, 0.1) is 12.5 Å². The number of amides is 1. The molecule has 18 heavy (non-hydrogen) atoms. The van der Waals surface area contributed by atoms with Gasteiger partial charge in [-0.25, -0.2) is 0 Å². The molecule has 0 radical (unpaired) electrons. The Hall–Kier alpha value is -1.06. The molecule has 1 aromatic carbocycles. The summed E-state index contributed by atoms with van der Waals surface area (Å²) in [5.41, 5.74) is 0.966. The summed E-state index contributed by atoms with van der Waals surface area (Å²) in [6.45, 7) is 0. The van der Waals surface area contributed by atoms with E-state index in [0.717, 1.165) is 31.2 Å². The SMILES string of the molecule is O=C(Cc1ccc(Cl)cc1)NC1CCC(O)CC1. The number of hydrogen-bond donors (Lipinski definition) is 2. The minimum atomic E-state index is -0.186. The van der Waals surface area contributed by atoms with E-state index in [2.05, 4.69) is 5.32 Å². The van der Waals surface area contributed by atoms with Gasteiger partial charge in [0.1, 0.15) is 0 Å². The van der Waals surface area contributed by atoms with Crippen LogP contribution in [-0.2, 0) is 11.2 Å². The predicted octanol–water partition coefficient (Wildman–Crippen LogP) is 2.30. The molecule has 2 rings (SSSR count). The number of nitrogens with one attached hydrogen (secondary N) is 1. The summed E-state index contributed by atoms with van der Waals surface area (Å²) in [6.07, 6.45) is 3.50. The van der Waals surface area contributed by atoms with Gasteiger partial charge in [-0.05, 0) is 43.4 Å². The zero-order valence-electron chi connectivity index (χ0n) is 10.2. The van der Waals surface area contributed by atoms with E-state index < -0.39 is 0 Å². The third kappa shape index (κ3) is 4.00. The van der Waals surface area contributed by atoms with E-state index in [1.807, 2.05) is 12.1 Å². The molecular weight excluding hydrogens is 250 g/mol. The summed E-state index contributed by atoms with van der Waals surface area (Å²) in [5, 5.41) is 13.1. The Morgan fingerprint density at radius 1 is 1.22 bits per heavy atom. The Kier molecular flexibility index (Phi) is 4.61. The Labute approximate surface area is 112 Å². The van der Waals surface area contributed by atoms with Gasteiger partial charge in [-0.3, -0.25) is 4.79 Å². The van der Waals surface area contributed by atoms with Gasteiger partial charge in [-0.15, -0.1) is 0 Å². The minimum absolute atomic E-state index is 0.0405. The van der Waals surface area contributed by atoms with Crippen molar-refractivity contribution in [3.05, 3.63) is 34.9 Å². The molecular formula is C14H18ClNO2. The van der Waals surface area contributed by atoms with Gasteiger partial charge in [-0.2, -0.15) is 0 Å². The van der Waals surface area contributed by atoms with Crippen LogP contribution in [0.1, 0.15) is 31.2 Å². The molecule has 0 unspecified atom stereocenters. The second kappa shape index (κ2) is 6.21. The van der Waals surface area contributed by atoms with E-state index in [-0.39, 0.29) is 18.1 Å². The molecule has 0 atom stereocenters. The molecule has 98 valence electrons. The largest absolute Gasteiger partial charge is 0.393 e. The van der Waals surface area contributed by atoms with Crippen molar-refractivity contribution in [2.75, 3.05) is 0 Å². The van der Waals surface area contributed by atoms with E-state index in [0.29, 0.717) is 11.4 Å². The predicted molar refractivity (Wildman–Crippen MR) is 71.6 cm³/mol. The molecule has 0 aliphatic heterocycles. The molecule has 1 amide bonds. The standard InChI is InChI=1S/C14H18ClNO2/c15-11-3-1-10(2-4-11)9-14(18)16-12-5-7-13(17)8-6-12/h1-4,12-13,17H,5-9H2,(H,16,18). The number of hydrogen-bond acceptors (Lipinski definition) is 2. The average molecular weight is 268 g/mol. The normalized spacial score (nSPS) is 23.7. The van der Waals surface area contributed by atoms with Crippen molar-refractivity contribution in [1.82, 2.24) is 5.32 Å². The maximum atomic E-state index is 11.8. The third-order valence-corrected chi connectivity index (χ3v) is 3.59. The van der Waals surface area contributed by atoms with Crippen molar-refractivity contribution in [2.24, 2.45) is 0 Å². The van der Waals surface area contributed by atoms with Crippen LogP contribution < -0.4 is 5.32 Å². The Balaban J connectivity index is 1.80. The van der Waals surface area contributed by atoms with Gasteiger partial charge in [0.25, 0.3) is 0 Å². The maximum absolute atomic E-state index is 11.8. The number of halogens is 1. The lowest BCUT2D eigenvalue weighted by atomic mass is 9.93. The van der Waals surface area contributed by atoms with E-state index in [1.165, 1.54) is 0 Å². The van der Waals surface area contributed by atoms with Crippen LogP contribution in [0.25, 0.3) is 0 Å². The zero-order valence-corrected chi connectivity index (χ0v) is 11.0. The summed E-state index contributed by atoms with van der Waals surface area (Å²) >= 11 is 5.79. The topological polar surface area (TPSA) is 49.3 Å². The van der Waals surface area contributed by atoms with Crippen LogP contribution in [0.3, 0.4) is 0 Å². The molecule has 0 aromatic heterocycles. The summed E-state index contributed by atoms with van der Waals surface area (Å²) in [4.78, 5) is 11.8. The zero-order chi connectivity index (χ0) is 13.0. The summed E-state index contributed by atoms with van der Waals surface area (Å²) in [6, 6.07) is 7.54. The molecule has 3 nitrogen and oxygen atoms in total. The fourth-order valence-corrected chi connectivity index (χ4v) is 2.41. The summed E-state index contributed by atoms with van der Waals surface area (Å²) in [5.74, 6) is 0.0405. The minimum Gasteiger partial charge on any atom is -0.393 e. The van der Waals surface area contributed by atoms with Crippen molar-refractivity contribution in [1.29, 1.82) is 0 Å². The van der Waals surface area contributed by atoms with Crippen LogP contribution in [0.5, 0.6) is 0 Å². The molecule has 0 bridgehead atoms. The lowest BCUT2D eigenvalue weighted by molar-refractivity contribution is -0.121. The van der Waals surface area contributed by atoms with Gasteiger partial charge in [0.15, 0.2) is 0 Å². The highest BCUT2D eigenvalue weighted by Crippen LogP contribution is 2.18. The molecule has 0 heterocycles. The highest BCUT2D eigenvalue weighted by molar-refractivity contribution is 6.30. The lowest BCUT2D eigenvalue weighted by Gasteiger charge is -2.26. The van der Waals surface area contributed by atoms with Gasteiger partial charge in [0.2, 0.25) is 5.91 Å². The number of carbonyl (C=O) groups is 1. The molecule has 1 aromatic rings. The van der Waals surface area contributed by atoms with Crippen molar-refractivity contribution in [3.63, 3.8) is 0 Å². The number of aliphatic hydroxyl groups is 1. The molecule has 1 saturated carbocycles. The van der Waals surface area contributed by atoms with Crippen molar-refractivity contribution < 1.29 is 9.90 Å². The number of rotatable bonds is 3. The van der Waals surface area contributed by atoms with Crippen LogP contribution in [0.15, 0.2) is 24.3 Å². The Bertz CT molecular complexity index is 397. The van der Waals surface area contributed by atoms with Crippen molar-refractivity contribution in [3.8, 4) is 0 Å². The fourth-order valence-electron chi connectivity index (χ4n) is 2.29. The maximum Gasteiger partial charge on any atom is 0.224 e. The third-order valence-electron chi connectivity index (χ3n) is 3.34. The van der Waals surface area contributed by atoms with Gasteiger partial charge in [0, 0.05) is 11.1 Å². The summed E-state index contributed by atoms with van der Waals surface area (Å²) in [7, 11) is 0. The van der Waals surface area contributed by atoms with Crippen LogP contribution >= 0.6 is 11.6 Å². The first kappa shape index (κ1) is 13.4. The molecule has 1 aliphatic carbocycles. The second-order valence-corrected chi connectivity index (χ2v) is 5.31. The Morgan fingerprint density at radius 3 is 2.44 bits per heavy atom. The first-order valence-electron chi connectivity index (χ1n) is 6.35. The van der Waals surface area contributed by atoms with Gasteiger partial charge >= 0.3 is 0 Å². The smallest absolute Gasteiger partial charge is 0.224 e. The van der Waals surface area contributed by atoms with E-state index >= 15 is 0 Å². The van der Waals surface area contributed by atoms with Crippen LogP contribution in [0.4, 0.5) is 0 Å². The second-order valence-electron chi connectivity index (χ2n) is 4.88. The molecule has 1 aliphatic rings. The number of carbonyl (C=O) groups excluding carboxylic acids is 1. The van der Waals surface area contributed by atoms with Crippen molar-refractivity contribution in [2.45, 2.75) is 44.2 Å². The molecule has 1 fully saturated rings. The van der Waals surface area contributed by atoms with E-state index in [4.69, 9.17) is 11.6 Å². The monoisotopic (exact) mass is 267 g/mol. The van der Waals surface area contributed by atoms with Crippen molar-refractivity contribution >= 4 is 17.5 Å². The molecule has 2 N–H and O–H groups in total. The highest BCUT2D eigenvalue weighted by atomic mass is 35.5. The molecule has 4 heteroatoms. The Morgan fingerprint density at radius 2 is 1.83 bits per heavy atom.